The number of fused-ring (bicyclic) bond motifs is 1. The minimum Gasteiger partial charge on any atom is -0.382 e. The van der Waals surface area contributed by atoms with Gasteiger partial charge in [0, 0.05) is 16.1 Å². The lowest BCUT2D eigenvalue weighted by molar-refractivity contribution is 0.543. The summed E-state index contributed by atoms with van der Waals surface area (Å²) in [7, 11) is 0. The van der Waals surface area contributed by atoms with E-state index in [4.69, 9.17) is 5.73 Å². The second kappa shape index (κ2) is 3.23. The molecule has 0 saturated carbocycles. The minimum atomic E-state index is -0.0126. The van der Waals surface area contributed by atoms with Crippen LogP contribution in [0.25, 0.3) is 5.52 Å². The molecule has 0 saturated heterocycles. The fourth-order valence-electron chi connectivity index (χ4n) is 1.65. The summed E-state index contributed by atoms with van der Waals surface area (Å²) in [5.41, 5.74) is 6.85. The Morgan fingerprint density at radius 3 is 2.67 bits per heavy atom. The van der Waals surface area contributed by atoms with Gasteiger partial charge in [-0.25, -0.2) is 4.98 Å². The van der Waals surface area contributed by atoms with E-state index in [0.717, 1.165) is 15.8 Å². The molecule has 0 aliphatic rings. The van der Waals surface area contributed by atoms with Crippen LogP contribution in [0.5, 0.6) is 0 Å². The molecule has 0 aliphatic carbocycles. The fraction of sp³-hybridized carbons (Fsp3) is 0.364. The molecule has 2 heterocycles. The third kappa shape index (κ3) is 1.63. The van der Waals surface area contributed by atoms with E-state index in [1.54, 1.807) is 0 Å². The summed E-state index contributed by atoms with van der Waals surface area (Å²) < 4.78 is 3.02. The molecule has 3 nitrogen and oxygen atoms in total. The minimum absolute atomic E-state index is 0.0126. The zero-order valence-corrected chi connectivity index (χ0v) is 10.7. The van der Waals surface area contributed by atoms with Crippen LogP contribution >= 0.6 is 15.9 Å². The van der Waals surface area contributed by atoms with Gasteiger partial charge in [0.1, 0.15) is 11.3 Å². The molecule has 0 bridgehead atoms. The molecule has 2 aromatic heterocycles. The molecule has 0 radical (unpaired) electrons. The van der Waals surface area contributed by atoms with Crippen LogP contribution in [0, 0.1) is 0 Å². The largest absolute Gasteiger partial charge is 0.382 e. The maximum absolute atomic E-state index is 5.91. The van der Waals surface area contributed by atoms with Crippen molar-refractivity contribution in [1.82, 2.24) is 9.38 Å². The number of nitrogens with two attached hydrogens (primary N) is 1. The molecule has 0 aliphatic heterocycles. The Hall–Kier alpha value is -1.03. The van der Waals surface area contributed by atoms with Crippen molar-refractivity contribution in [3.8, 4) is 0 Å². The fourth-order valence-corrected chi connectivity index (χ4v) is 2.20. The molecule has 2 N–H and O–H groups in total. The van der Waals surface area contributed by atoms with Gasteiger partial charge >= 0.3 is 0 Å². The van der Waals surface area contributed by atoms with E-state index in [1.807, 2.05) is 22.7 Å². The SMILES string of the molecule is CC(C)(C)c1nc(N)c2c(Br)cccn12. The lowest BCUT2D eigenvalue weighted by Gasteiger charge is -2.16. The summed E-state index contributed by atoms with van der Waals surface area (Å²) in [5, 5.41) is 0. The van der Waals surface area contributed by atoms with Gasteiger partial charge in [-0.15, -0.1) is 0 Å². The number of anilines is 1. The summed E-state index contributed by atoms with van der Waals surface area (Å²) in [6, 6.07) is 3.95. The molecule has 0 spiro atoms. The predicted octanol–water partition coefficient (Wildman–Crippen LogP) is 2.98. The highest BCUT2D eigenvalue weighted by Gasteiger charge is 2.22. The zero-order chi connectivity index (χ0) is 11.2. The summed E-state index contributed by atoms with van der Waals surface area (Å²) >= 11 is 3.49. The van der Waals surface area contributed by atoms with Crippen molar-refractivity contribution in [3.05, 3.63) is 28.6 Å². The maximum Gasteiger partial charge on any atom is 0.151 e. The molecular weight excluding hydrogens is 254 g/mol. The number of aromatic nitrogens is 2. The summed E-state index contributed by atoms with van der Waals surface area (Å²) in [4.78, 5) is 4.43. The number of halogens is 1. The number of rotatable bonds is 0. The molecule has 2 rings (SSSR count). The van der Waals surface area contributed by atoms with Crippen molar-refractivity contribution in [2.75, 3.05) is 5.73 Å². The van der Waals surface area contributed by atoms with Crippen LogP contribution in [0.15, 0.2) is 22.8 Å². The van der Waals surface area contributed by atoms with E-state index in [1.165, 1.54) is 0 Å². The van der Waals surface area contributed by atoms with Gasteiger partial charge in [-0.1, -0.05) is 20.8 Å². The van der Waals surface area contributed by atoms with Gasteiger partial charge in [0.2, 0.25) is 0 Å². The quantitative estimate of drug-likeness (QED) is 0.798. The van der Waals surface area contributed by atoms with Gasteiger partial charge in [-0.2, -0.15) is 0 Å². The van der Waals surface area contributed by atoms with Gasteiger partial charge in [0.15, 0.2) is 5.82 Å². The Bertz CT molecular complexity index is 508. The van der Waals surface area contributed by atoms with E-state index >= 15 is 0 Å². The molecule has 0 amide bonds. The molecule has 4 heteroatoms. The summed E-state index contributed by atoms with van der Waals surface area (Å²) in [5.74, 6) is 1.56. The van der Waals surface area contributed by atoms with E-state index in [0.29, 0.717) is 5.82 Å². The van der Waals surface area contributed by atoms with Gasteiger partial charge < -0.3 is 10.1 Å². The molecule has 0 unspecified atom stereocenters. The topological polar surface area (TPSA) is 43.3 Å². The standard InChI is InChI=1S/C11H14BrN3/c1-11(2,3)10-14-9(13)8-7(12)5-4-6-15(8)10/h4-6H,13H2,1-3H3. The highest BCUT2D eigenvalue weighted by molar-refractivity contribution is 9.10. The third-order valence-electron chi connectivity index (χ3n) is 2.31. The van der Waals surface area contributed by atoms with Crippen molar-refractivity contribution < 1.29 is 0 Å². The molecule has 0 atom stereocenters. The number of hydrogen-bond acceptors (Lipinski definition) is 2. The molecule has 15 heavy (non-hydrogen) atoms. The van der Waals surface area contributed by atoms with Crippen LogP contribution in [-0.4, -0.2) is 9.38 Å². The zero-order valence-electron chi connectivity index (χ0n) is 9.08. The van der Waals surface area contributed by atoms with E-state index in [-0.39, 0.29) is 5.41 Å². The number of hydrogen-bond donors (Lipinski definition) is 1. The predicted molar refractivity (Wildman–Crippen MR) is 66.0 cm³/mol. The van der Waals surface area contributed by atoms with Crippen molar-refractivity contribution in [2.45, 2.75) is 26.2 Å². The highest BCUT2D eigenvalue weighted by atomic mass is 79.9. The number of nitrogen functional groups attached to an aromatic ring is 1. The average molecular weight is 268 g/mol. The van der Waals surface area contributed by atoms with Crippen molar-refractivity contribution in [2.24, 2.45) is 0 Å². The molecule has 0 fully saturated rings. The van der Waals surface area contributed by atoms with Crippen LogP contribution in [0.3, 0.4) is 0 Å². The van der Waals surface area contributed by atoms with Crippen molar-refractivity contribution >= 4 is 27.3 Å². The lowest BCUT2D eigenvalue weighted by Crippen LogP contribution is -2.15. The Kier molecular flexibility index (Phi) is 2.26. The van der Waals surface area contributed by atoms with Crippen LogP contribution < -0.4 is 5.73 Å². The van der Waals surface area contributed by atoms with Crippen molar-refractivity contribution in [1.29, 1.82) is 0 Å². The Morgan fingerprint density at radius 2 is 2.07 bits per heavy atom. The van der Waals surface area contributed by atoms with Crippen LogP contribution in [0.1, 0.15) is 26.6 Å². The molecular formula is C11H14BrN3. The van der Waals surface area contributed by atoms with Gasteiger partial charge in [-0.3, -0.25) is 0 Å². The summed E-state index contributed by atoms with van der Waals surface area (Å²) in [6.45, 7) is 6.38. The van der Waals surface area contributed by atoms with Crippen molar-refractivity contribution in [3.63, 3.8) is 0 Å². The number of pyridine rings is 1. The first-order valence-corrected chi connectivity index (χ1v) is 5.63. The second-order valence-corrected chi connectivity index (χ2v) is 5.50. The third-order valence-corrected chi connectivity index (χ3v) is 2.95. The van der Waals surface area contributed by atoms with E-state index < -0.39 is 0 Å². The summed E-state index contributed by atoms with van der Waals surface area (Å²) in [6.07, 6.45) is 1.99. The first-order valence-electron chi connectivity index (χ1n) is 4.84. The van der Waals surface area contributed by atoms with Crippen LogP contribution in [0.4, 0.5) is 5.82 Å². The Morgan fingerprint density at radius 1 is 1.40 bits per heavy atom. The second-order valence-electron chi connectivity index (χ2n) is 4.65. The van der Waals surface area contributed by atoms with Crippen LogP contribution in [0.2, 0.25) is 0 Å². The highest BCUT2D eigenvalue weighted by Crippen LogP contribution is 2.29. The smallest absolute Gasteiger partial charge is 0.151 e. The van der Waals surface area contributed by atoms with Gasteiger partial charge in [0.05, 0.1) is 0 Å². The number of imidazole rings is 1. The monoisotopic (exact) mass is 267 g/mol. The maximum atomic E-state index is 5.91. The normalized spacial score (nSPS) is 12.3. The van der Waals surface area contributed by atoms with Gasteiger partial charge in [0.25, 0.3) is 0 Å². The Labute approximate surface area is 97.4 Å². The van der Waals surface area contributed by atoms with Crippen LogP contribution in [-0.2, 0) is 5.41 Å². The number of nitrogens with zero attached hydrogens (tertiary/aromatic N) is 2. The molecule has 0 aromatic carbocycles. The van der Waals surface area contributed by atoms with E-state index in [9.17, 15) is 0 Å². The Balaban J connectivity index is 2.85. The molecule has 2 aromatic rings. The van der Waals surface area contributed by atoms with Gasteiger partial charge in [-0.05, 0) is 28.1 Å². The molecule has 80 valence electrons. The van der Waals surface area contributed by atoms with E-state index in [2.05, 4.69) is 41.7 Å². The first kappa shape index (κ1) is 10.5. The average Bonchev–Trinajstić information content (AvgIpc) is 2.44. The lowest BCUT2D eigenvalue weighted by atomic mass is 9.96. The first-order chi connectivity index (χ1) is 6.91.